The van der Waals surface area contributed by atoms with Crippen molar-refractivity contribution in [2.75, 3.05) is 20.3 Å². The zero-order valence-corrected chi connectivity index (χ0v) is 14.8. The molecule has 0 fully saturated rings. The van der Waals surface area contributed by atoms with E-state index in [-0.39, 0.29) is 0 Å². The van der Waals surface area contributed by atoms with Gasteiger partial charge < -0.3 is 15.2 Å². The summed E-state index contributed by atoms with van der Waals surface area (Å²) in [7, 11) is 1.68. The Balaban J connectivity index is 1.99. The maximum Gasteiger partial charge on any atom is 0.119 e. The van der Waals surface area contributed by atoms with Crippen molar-refractivity contribution < 1.29 is 9.47 Å². The molecule has 0 saturated carbocycles. The van der Waals surface area contributed by atoms with Crippen molar-refractivity contribution >= 4 is 0 Å². The van der Waals surface area contributed by atoms with Crippen LogP contribution in [0.1, 0.15) is 43.2 Å². The normalized spacial score (nSPS) is 12.0. The van der Waals surface area contributed by atoms with Crippen LogP contribution in [0.25, 0.3) is 0 Å². The van der Waals surface area contributed by atoms with Crippen molar-refractivity contribution in [3.8, 4) is 11.5 Å². The molecule has 0 aliphatic heterocycles. The Hall–Kier alpha value is -2.00. The van der Waals surface area contributed by atoms with E-state index in [0.717, 1.165) is 30.9 Å². The summed E-state index contributed by atoms with van der Waals surface area (Å²) >= 11 is 0. The summed E-state index contributed by atoms with van der Waals surface area (Å²) < 4.78 is 11.1. The minimum Gasteiger partial charge on any atom is -0.497 e. The first kappa shape index (κ1) is 18.3. The monoisotopic (exact) mass is 327 g/mol. The van der Waals surface area contributed by atoms with Gasteiger partial charge in [0.05, 0.1) is 13.7 Å². The summed E-state index contributed by atoms with van der Waals surface area (Å²) in [5.41, 5.74) is 8.51. The van der Waals surface area contributed by atoms with E-state index >= 15 is 0 Å². The molecule has 2 aromatic carbocycles. The van der Waals surface area contributed by atoms with Gasteiger partial charge >= 0.3 is 0 Å². The second kappa shape index (κ2) is 9.99. The summed E-state index contributed by atoms with van der Waals surface area (Å²) in [5.74, 6) is 2.12. The molecule has 24 heavy (non-hydrogen) atoms. The van der Waals surface area contributed by atoms with Crippen molar-refractivity contribution in [1.82, 2.24) is 0 Å². The van der Waals surface area contributed by atoms with Crippen LogP contribution in [0.4, 0.5) is 0 Å². The number of benzene rings is 2. The lowest BCUT2D eigenvalue weighted by atomic mass is 9.92. The molecule has 0 aromatic heterocycles. The Morgan fingerprint density at radius 1 is 1.00 bits per heavy atom. The zero-order chi connectivity index (χ0) is 17.2. The van der Waals surface area contributed by atoms with Crippen LogP contribution in [-0.2, 0) is 6.42 Å². The predicted octanol–water partition coefficient (Wildman–Crippen LogP) is 4.55. The molecule has 3 nitrogen and oxygen atoms in total. The first-order valence-corrected chi connectivity index (χ1v) is 8.82. The van der Waals surface area contributed by atoms with Crippen LogP contribution in [0.2, 0.25) is 0 Å². The van der Waals surface area contributed by atoms with Crippen LogP contribution in [0.3, 0.4) is 0 Å². The Morgan fingerprint density at radius 3 is 2.46 bits per heavy atom. The average Bonchev–Trinajstić information content (AvgIpc) is 2.64. The molecule has 3 heteroatoms. The maximum absolute atomic E-state index is 6.01. The zero-order valence-electron chi connectivity index (χ0n) is 14.8. The van der Waals surface area contributed by atoms with E-state index < -0.39 is 0 Å². The number of rotatable bonds is 10. The number of unbranched alkanes of at least 4 members (excludes halogenated alkanes) is 2. The fraction of sp³-hybridized carbons (Fsp3) is 0.429. The van der Waals surface area contributed by atoms with Gasteiger partial charge in [0.25, 0.3) is 0 Å². The SMILES string of the molecule is CCCCCOc1cccc(CC(CN)c2ccc(OC)cc2)c1. The van der Waals surface area contributed by atoms with Gasteiger partial charge in [-0.25, -0.2) is 0 Å². The summed E-state index contributed by atoms with van der Waals surface area (Å²) in [4.78, 5) is 0. The summed E-state index contributed by atoms with van der Waals surface area (Å²) in [6.45, 7) is 3.61. The van der Waals surface area contributed by atoms with Gasteiger partial charge in [-0.2, -0.15) is 0 Å². The molecule has 0 bridgehead atoms. The largest absolute Gasteiger partial charge is 0.497 e. The topological polar surface area (TPSA) is 44.5 Å². The molecule has 2 rings (SSSR count). The van der Waals surface area contributed by atoms with Crippen LogP contribution in [-0.4, -0.2) is 20.3 Å². The summed E-state index contributed by atoms with van der Waals surface area (Å²) in [5, 5.41) is 0. The van der Waals surface area contributed by atoms with Crippen LogP contribution in [0, 0.1) is 0 Å². The van der Waals surface area contributed by atoms with E-state index in [9.17, 15) is 0 Å². The molecule has 0 aliphatic rings. The standard InChI is InChI=1S/C21H29NO2/c1-3-4-5-13-24-21-8-6-7-17(15-21)14-19(16-22)18-9-11-20(23-2)12-10-18/h6-12,15,19H,3-5,13-14,16,22H2,1-2H3. The molecular formula is C21H29NO2. The predicted molar refractivity (Wildman–Crippen MR) is 100.0 cm³/mol. The highest BCUT2D eigenvalue weighted by Crippen LogP contribution is 2.24. The van der Waals surface area contributed by atoms with Crippen molar-refractivity contribution in [2.45, 2.75) is 38.5 Å². The van der Waals surface area contributed by atoms with Gasteiger partial charge in [0.2, 0.25) is 0 Å². The third kappa shape index (κ3) is 5.57. The summed E-state index contributed by atoms with van der Waals surface area (Å²) in [6, 6.07) is 16.6. The molecule has 130 valence electrons. The molecule has 0 saturated heterocycles. The van der Waals surface area contributed by atoms with Crippen LogP contribution in [0.15, 0.2) is 48.5 Å². The average molecular weight is 327 g/mol. The number of hydrogen-bond acceptors (Lipinski definition) is 3. The molecule has 0 amide bonds. The van der Waals surface area contributed by atoms with E-state index in [4.69, 9.17) is 15.2 Å². The van der Waals surface area contributed by atoms with Crippen molar-refractivity contribution in [3.05, 3.63) is 59.7 Å². The smallest absolute Gasteiger partial charge is 0.119 e. The molecule has 2 aromatic rings. The minimum atomic E-state index is 0.297. The molecule has 0 spiro atoms. The molecule has 1 unspecified atom stereocenters. The second-order valence-corrected chi connectivity index (χ2v) is 6.11. The molecule has 0 radical (unpaired) electrons. The van der Waals surface area contributed by atoms with Gasteiger partial charge in [-0.05, 0) is 54.8 Å². The van der Waals surface area contributed by atoms with Gasteiger partial charge in [0, 0.05) is 5.92 Å². The van der Waals surface area contributed by atoms with Gasteiger partial charge in [-0.1, -0.05) is 44.0 Å². The highest BCUT2D eigenvalue weighted by molar-refractivity contribution is 5.33. The molecular weight excluding hydrogens is 298 g/mol. The quantitative estimate of drug-likeness (QED) is 0.651. The van der Waals surface area contributed by atoms with E-state index in [1.807, 2.05) is 18.2 Å². The summed E-state index contributed by atoms with van der Waals surface area (Å²) in [6.07, 6.45) is 4.45. The third-order valence-corrected chi connectivity index (χ3v) is 4.27. The highest BCUT2D eigenvalue weighted by Gasteiger charge is 2.11. The first-order chi connectivity index (χ1) is 11.8. The number of ether oxygens (including phenoxy) is 2. The fourth-order valence-corrected chi connectivity index (χ4v) is 2.80. The van der Waals surface area contributed by atoms with E-state index in [1.54, 1.807) is 7.11 Å². The van der Waals surface area contributed by atoms with Gasteiger partial charge in [0.1, 0.15) is 11.5 Å². The molecule has 0 heterocycles. The van der Waals surface area contributed by atoms with E-state index in [1.165, 1.54) is 24.0 Å². The van der Waals surface area contributed by atoms with Crippen LogP contribution in [0.5, 0.6) is 11.5 Å². The van der Waals surface area contributed by atoms with Crippen LogP contribution >= 0.6 is 0 Å². The Bertz CT molecular complexity index is 595. The lowest BCUT2D eigenvalue weighted by Gasteiger charge is -2.16. The Kier molecular flexibility index (Phi) is 7.63. The molecule has 0 aliphatic carbocycles. The van der Waals surface area contributed by atoms with E-state index in [2.05, 4.69) is 37.3 Å². The highest BCUT2D eigenvalue weighted by atomic mass is 16.5. The van der Waals surface area contributed by atoms with Gasteiger partial charge in [0.15, 0.2) is 0 Å². The lowest BCUT2D eigenvalue weighted by Crippen LogP contribution is -2.15. The van der Waals surface area contributed by atoms with Crippen molar-refractivity contribution in [1.29, 1.82) is 0 Å². The number of methoxy groups -OCH3 is 1. The Labute approximate surface area is 145 Å². The third-order valence-electron chi connectivity index (χ3n) is 4.27. The first-order valence-electron chi connectivity index (χ1n) is 8.82. The van der Waals surface area contributed by atoms with Gasteiger partial charge in [-0.3, -0.25) is 0 Å². The van der Waals surface area contributed by atoms with Crippen molar-refractivity contribution in [2.24, 2.45) is 5.73 Å². The maximum atomic E-state index is 6.01. The fourth-order valence-electron chi connectivity index (χ4n) is 2.80. The lowest BCUT2D eigenvalue weighted by molar-refractivity contribution is 0.306. The molecule has 1 atom stereocenters. The number of nitrogens with two attached hydrogens (primary N) is 1. The van der Waals surface area contributed by atoms with Crippen LogP contribution < -0.4 is 15.2 Å². The second-order valence-electron chi connectivity index (χ2n) is 6.11. The minimum absolute atomic E-state index is 0.297. The van der Waals surface area contributed by atoms with Crippen molar-refractivity contribution in [3.63, 3.8) is 0 Å². The van der Waals surface area contributed by atoms with Gasteiger partial charge in [-0.15, -0.1) is 0 Å². The number of hydrogen-bond donors (Lipinski definition) is 1. The van der Waals surface area contributed by atoms with E-state index in [0.29, 0.717) is 12.5 Å². The molecule has 2 N–H and O–H groups in total. The Morgan fingerprint density at radius 2 is 1.79 bits per heavy atom.